The number of aryl methyl sites for hydroxylation is 2. The van der Waals surface area contributed by atoms with Crippen LogP contribution in [0.3, 0.4) is 0 Å². The first-order valence-corrected chi connectivity index (χ1v) is 5.31. The zero-order chi connectivity index (χ0) is 11.3. The lowest BCUT2D eigenvalue weighted by molar-refractivity contribution is 0.370. The van der Waals surface area contributed by atoms with Gasteiger partial charge in [-0.05, 0) is 43.0 Å². The van der Waals surface area contributed by atoms with Crippen LogP contribution in [0.1, 0.15) is 24.5 Å². The average molecular weight is 209 g/mol. The minimum Gasteiger partial charge on any atom is -0.504 e. The molecule has 1 aromatic carbocycles. The van der Waals surface area contributed by atoms with E-state index in [0.29, 0.717) is 12.3 Å². The molecule has 15 heavy (non-hydrogen) atoms. The number of hydrogen-bond acceptors (Lipinski definition) is 3. The number of hydrogen-bond donors (Lipinski definition) is 2. The zero-order valence-electron chi connectivity index (χ0n) is 9.42. The SMILES string of the molecule is CCc1cc(CCCN)c(O)c(OC)c1. The topological polar surface area (TPSA) is 55.5 Å². The Morgan fingerprint density at radius 1 is 1.40 bits per heavy atom. The third kappa shape index (κ3) is 2.86. The summed E-state index contributed by atoms with van der Waals surface area (Å²) in [5.41, 5.74) is 7.56. The molecule has 0 radical (unpaired) electrons. The fourth-order valence-corrected chi connectivity index (χ4v) is 1.57. The summed E-state index contributed by atoms with van der Waals surface area (Å²) in [5, 5.41) is 9.87. The maximum absolute atomic E-state index is 9.87. The van der Waals surface area contributed by atoms with Crippen LogP contribution >= 0.6 is 0 Å². The van der Waals surface area contributed by atoms with E-state index in [-0.39, 0.29) is 5.75 Å². The highest BCUT2D eigenvalue weighted by Crippen LogP contribution is 2.32. The Balaban J connectivity index is 3.01. The van der Waals surface area contributed by atoms with Gasteiger partial charge in [-0.3, -0.25) is 0 Å². The van der Waals surface area contributed by atoms with Gasteiger partial charge in [-0.15, -0.1) is 0 Å². The third-order valence-corrected chi connectivity index (χ3v) is 2.49. The predicted octanol–water partition coefficient (Wildman–Crippen LogP) is 1.85. The molecule has 0 spiro atoms. The lowest BCUT2D eigenvalue weighted by Gasteiger charge is -2.11. The number of phenolic OH excluding ortho intramolecular Hbond substituents is 1. The molecule has 0 aliphatic rings. The molecule has 0 atom stereocenters. The zero-order valence-corrected chi connectivity index (χ0v) is 9.42. The minimum absolute atomic E-state index is 0.253. The molecule has 0 fully saturated rings. The summed E-state index contributed by atoms with van der Waals surface area (Å²) in [6.07, 6.45) is 2.61. The van der Waals surface area contributed by atoms with E-state index in [0.717, 1.165) is 24.8 Å². The lowest BCUT2D eigenvalue weighted by Crippen LogP contribution is -2.01. The van der Waals surface area contributed by atoms with Crippen molar-refractivity contribution in [2.24, 2.45) is 5.73 Å². The van der Waals surface area contributed by atoms with Crippen molar-refractivity contribution in [3.05, 3.63) is 23.3 Å². The number of benzene rings is 1. The summed E-state index contributed by atoms with van der Waals surface area (Å²) in [4.78, 5) is 0. The van der Waals surface area contributed by atoms with Crippen LogP contribution in [0.4, 0.5) is 0 Å². The number of rotatable bonds is 5. The second-order valence-corrected chi connectivity index (χ2v) is 3.55. The summed E-state index contributed by atoms with van der Waals surface area (Å²) < 4.78 is 5.13. The van der Waals surface area contributed by atoms with Crippen LogP contribution in [-0.2, 0) is 12.8 Å². The van der Waals surface area contributed by atoms with E-state index < -0.39 is 0 Å². The standard InChI is InChI=1S/C12H19NO2/c1-3-9-7-10(5-4-6-13)12(14)11(8-9)15-2/h7-8,14H,3-6,13H2,1-2H3. The molecule has 3 heteroatoms. The van der Waals surface area contributed by atoms with Crippen molar-refractivity contribution in [3.63, 3.8) is 0 Å². The molecular formula is C12H19NO2. The van der Waals surface area contributed by atoms with Gasteiger partial charge in [0.25, 0.3) is 0 Å². The predicted molar refractivity (Wildman–Crippen MR) is 61.4 cm³/mol. The first-order chi connectivity index (χ1) is 7.22. The van der Waals surface area contributed by atoms with Gasteiger partial charge in [-0.2, -0.15) is 0 Å². The molecule has 0 amide bonds. The summed E-state index contributed by atoms with van der Waals surface area (Å²) in [7, 11) is 1.57. The van der Waals surface area contributed by atoms with Crippen molar-refractivity contribution in [1.29, 1.82) is 0 Å². The molecule has 84 valence electrons. The van der Waals surface area contributed by atoms with Gasteiger partial charge in [0.05, 0.1) is 7.11 Å². The van der Waals surface area contributed by atoms with Crippen LogP contribution in [0.5, 0.6) is 11.5 Å². The maximum atomic E-state index is 9.87. The summed E-state index contributed by atoms with van der Waals surface area (Å²) in [6, 6.07) is 3.90. The minimum atomic E-state index is 0.253. The molecule has 0 heterocycles. The second-order valence-electron chi connectivity index (χ2n) is 3.55. The summed E-state index contributed by atoms with van der Waals surface area (Å²) in [6.45, 7) is 2.72. The Hall–Kier alpha value is -1.22. The van der Waals surface area contributed by atoms with E-state index >= 15 is 0 Å². The van der Waals surface area contributed by atoms with Gasteiger partial charge in [0.15, 0.2) is 11.5 Å². The summed E-state index contributed by atoms with van der Waals surface area (Å²) >= 11 is 0. The molecular weight excluding hydrogens is 190 g/mol. The molecule has 3 N–H and O–H groups in total. The van der Waals surface area contributed by atoms with Crippen molar-refractivity contribution in [2.45, 2.75) is 26.2 Å². The normalized spacial score (nSPS) is 10.3. The molecule has 0 unspecified atom stereocenters. The van der Waals surface area contributed by atoms with Crippen LogP contribution in [0.25, 0.3) is 0 Å². The van der Waals surface area contributed by atoms with Gasteiger partial charge in [-0.25, -0.2) is 0 Å². The molecule has 0 aliphatic carbocycles. The van der Waals surface area contributed by atoms with Crippen molar-refractivity contribution >= 4 is 0 Å². The van der Waals surface area contributed by atoms with Crippen molar-refractivity contribution < 1.29 is 9.84 Å². The van der Waals surface area contributed by atoms with Crippen molar-refractivity contribution in [2.75, 3.05) is 13.7 Å². The smallest absolute Gasteiger partial charge is 0.161 e. The monoisotopic (exact) mass is 209 g/mol. The number of ether oxygens (including phenoxy) is 1. The van der Waals surface area contributed by atoms with E-state index in [2.05, 4.69) is 6.92 Å². The molecule has 0 saturated carbocycles. The van der Waals surface area contributed by atoms with Gasteiger partial charge < -0.3 is 15.6 Å². The van der Waals surface area contributed by atoms with Gasteiger partial charge in [-0.1, -0.05) is 13.0 Å². The van der Waals surface area contributed by atoms with E-state index in [9.17, 15) is 5.11 Å². The van der Waals surface area contributed by atoms with E-state index in [1.807, 2.05) is 12.1 Å². The first kappa shape index (κ1) is 11.9. The van der Waals surface area contributed by atoms with Crippen LogP contribution in [-0.4, -0.2) is 18.8 Å². The molecule has 1 rings (SSSR count). The Morgan fingerprint density at radius 3 is 2.67 bits per heavy atom. The maximum Gasteiger partial charge on any atom is 0.161 e. The molecule has 0 aromatic heterocycles. The highest BCUT2D eigenvalue weighted by Gasteiger charge is 2.09. The van der Waals surface area contributed by atoms with Crippen LogP contribution in [0, 0.1) is 0 Å². The first-order valence-electron chi connectivity index (χ1n) is 5.31. The van der Waals surface area contributed by atoms with Crippen LogP contribution in [0.15, 0.2) is 12.1 Å². The van der Waals surface area contributed by atoms with Crippen molar-refractivity contribution in [1.82, 2.24) is 0 Å². The lowest BCUT2D eigenvalue weighted by atomic mass is 10.0. The Kier molecular flexibility index (Phi) is 4.43. The van der Waals surface area contributed by atoms with Crippen LogP contribution in [0.2, 0.25) is 0 Å². The Labute approximate surface area is 90.9 Å². The van der Waals surface area contributed by atoms with Gasteiger partial charge >= 0.3 is 0 Å². The third-order valence-electron chi connectivity index (χ3n) is 2.49. The molecule has 0 saturated heterocycles. The number of aromatic hydroxyl groups is 1. The van der Waals surface area contributed by atoms with Crippen LogP contribution < -0.4 is 10.5 Å². The Morgan fingerprint density at radius 2 is 2.13 bits per heavy atom. The average Bonchev–Trinajstić information content (AvgIpc) is 2.27. The highest BCUT2D eigenvalue weighted by molar-refractivity contribution is 5.48. The van der Waals surface area contributed by atoms with E-state index in [1.165, 1.54) is 5.56 Å². The molecule has 3 nitrogen and oxygen atoms in total. The quantitative estimate of drug-likeness (QED) is 0.778. The number of nitrogens with two attached hydrogens (primary N) is 1. The number of methoxy groups -OCH3 is 1. The summed E-state index contributed by atoms with van der Waals surface area (Å²) in [5.74, 6) is 0.810. The van der Waals surface area contributed by atoms with E-state index in [1.54, 1.807) is 7.11 Å². The molecule has 0 aliphatic heterocycles. The highest BCUT2D eigenvalue weighted by atomic mass is 16.5. The number of phenols is 1. The molecule has 1 aromatic rings. The van der Waals surface area contributed by atoms with E-state index in [4.69, 9.17) is 10.5 Å². The molecule has 0 bridgehead atoms. The largest absolute Gasteiger partial charge is 0.504 e. The fourth-order valence-electron chi connectivity index (χ4n) is 1.57. The van der Waals surface area contributed by atoms with Gasteiger partial charge in [0, 0.05) is 0 Å². The fraction of sp³-hybridized carbons (Fsp3) is 0.500. The van der Waals surface area contributed by atoms with Gasteiger partial charge in [0.1, 0.15) is 0 Å². The Bertz CT molecular complexity index is 324. The van der Waals surface area contributed by atoms with Crippen molar-refractivity contribution in [3.8, 4) is 11.5 Å². The second kappa shape index (κ2) is 5.61. The van der Waals surface area contributed by atoms with Gasteiger partial charge in [0.2, 0.25) is 0 Å².